The molecule has 0 aliphatic carbocycles. The van der Waals surface area contributed by atoms with E-state index >= 15 is 0 Å². The van der Waals surface area contributed by atoms with Crippen LogP contribution in [0.15, 0.2) is 24.3 Å². The van der Waals surface area contributed by atoms with E-state index in [-0.39, 0.29) is 0 Å². The molecular formula is C16H23NO2. The number of hydrogen-bond donors (Lipinski definition) is 0. The van der Waals surface area contributed by atoms with Gasteiger partial charge in [-0.05, 0) is 38.8 Å². The highest BCUT2D eigenvalue weighted by Gasteiger charge is 2.23. The van der Waals surface area contributed by atoms with Crippen LogP contribution in [0, 0.1) is 0 Å². The first-order chi connectivity index (χ1) is 9.20. The van der Waals surface area contributed by atoms with Crippen molar-refractivity contribution in [2.45, 2.75) is 45.2 Å². The number of piperidine rings is 1. The lowest BCUT2D eigenvalue weighted by atomic mass is 9.98. The van der Waals surface area contributed by atoms with Crippen molar-refractivity contribution in [1.29, 1.82) is 0 Å². The summed E-state index contributed by atoms with van der Waals surface area (Å²) >= 11 is 0. The molecule has 0 spiro atoms. The van der Waals surface area contributed by atoms with Gasteiger partial charge in [0.05, 0.1) is 0 Å². The molecule has 0 bridgehead atoms. The predicted molar refractivity (Wildman–Crippen MR) is 76.8 cm³/mol. The molecule has 0 unspecified atom stereocenters. The van der Waals surface area contributed by atoms with Crippen LogP contribution in [0.1, 0.15) is 43.5 Å². The maximum atomic E-state index is 10.7. The molecule has 1 aliphatic rings. The highest BCUT2D eigenvalue weighted by atomic mass is 16.5. The standard InChI is InChI=1S/C16H23NO2/c1-13-5-3-6-14(2)17(13)9-10-19-16-8-4-7-15(11-16)12-18/h4,7-8,11-14H,3,5-6,9-10H2,1-2H3/t13-,14-/m1/s1. The molecule has 1 aromatic carbocycles. The second-order valence-corrected chi connectivity index (χ2v) is 5.41. The molecule has 2 atom stereocenters. The lowest BCUT2D eigenvalue weighted by molar-refractivity contribution is 0.0851. The molecule has 1 aromatic rings. The van der Waals surface area contributed by atoms with Gasteiger partial charge in [0.15, 0.2) is 0 Å². The van der Waals surface area contributed by atoms with E-state index in [4.69, 9.17) is 4.74 Å². The second kappa shape index (κ2) is 6.71. The summed E-state index contributed by atoms with van der Waals surface area (Å²) in [5.74, 6) is 0.780. The highest BCUT2D eigenvalue weighted by molar-refractivity contribution is 5.75. The molecule has 19 heavy (non-hydrogen) atoms. The Kier molecular flexibility index (Phi) is 4.97. The molecule has 104 valence electrons. The molecule has 1 aliphatic heterocycles. The van der Waals surface area contributed by atoms with Crippen LogP contribution in [0.25, 0.3) is 0 Å². The number of rotatable bonds is 5. The maximum absolute atomic E-state index is 10.7. The van der Waals surface area contributed by atoms with Crippen LogP contribution in [-0.2, 0) is 0 Å². The van der Waals surface area contributed by atoms with Crippen molar-refractivity contribution >= 4 is 6.29 Å². The van der Waals surface area contributed by atoms with Crippen LogP contribution in [0.5, 0.6) is 5.75 Å². The van der Waals surface area contributed by atoms with Gasteiger partial charge < -0.3 is 4.74 Å². The Morgan fingerprint density at radius 1 is 1.32 bits per heavy atom. The molecule has 1 saturated heterocycles. The van der Waals surface area contributed by atoms with E-state index in [0.717, 1.165) is 18.6 Å². The Morgan fingerprint density at radius 3 is 2.74 bits per heavy atom. The Morgan fingerprint density at radius 2 is 2.05 bits per heavy atom. The van der Waals surface area contributed by atoms with Gasteiger partial charge in [-0.25, -0.2) is 0 Å². The monoisotopic (exact) mass is 261 g/mol. The lowest BCUT2D eigenvalue weighted by Crippen LogP contribution is -2.45. The van der Waals surface area contributed by atoms with Gasteiger partial charge in [-0.3, -0.25) is 9.69 Å². The minimum Gasteiger partial charge on any atom is -0.492 e. The summed E-state index contributed by atoms with van der Waals surface area (Å²) in [4.78, 5) is 13.2. The molecule has 0 radical (unpaired) electrons. The van der Waals surface area contributed by atoms with Gasteiger partial charge in [0, 0.05) is 24.2 Å². The lowest BCUT2D eigenvalue weighted by Gasteiger charge is -2.38. The quantitative estimate of drug-likeness (QED) is 0.763. The number of likely N-dealkylation sites (tertiary alicyclic amines) is 1. The smallest absolute Gasteiger partial charge is 0.150 e. The fourth-order valence-electron chi connectivity index (χ4n) is 2.86. The Labute approximate surface area is 115 Å². The molecule has 2 rings (SSSR count). The topological polar surface area (TPSA) is 29.5 Å². The molecular weight excluding hydrogens is 238 g/mol. The number of ether oxygens (including phenoxy) is 1. The summed E-state index contributed by atoms with van der Waals surface area (Å²) in [6, 6.07) is 8.62. The van der Waals surface area contributed by atoms with E-state index < -0.39 is 0 Å². The summed E-state index contributed by atoms with van der Waals surface area (Å²) in [7, 11) is 0. The zero-order valence-electron chi connectivity index (χ0n) is 11.8. The summed E-state index contributed by atoms with van der Waals surface area (Å²) < 4.78 is 5.75. The fraction of sp³-hybridized carbons (Fsp3) is 0.562. The maximum Gasteiger partial charge on any atom is 0.150 e. The van der Waals surface area contributed by atoms with Crippen molar-refractivity contribution < 1.29 is 9.53 Å². The van der Waals surface area contributed by atoms with E-state index in [2.05, 4.69) is 18.7 Å². The van der Waals surface area contributed by atoms with Crippen molar-refractivity contribution in [3.05, 3.63) is 29.8 Å². The average molecular weight is 261 g/mol. The summed E-state index contributed by atoms with van der Waals surface area (Å²) in [5.41, 5.74) is 0.664. The number of benzene rings is 1. The van der Waals surface area contributed by atoms with Gasteiger partial charge in [0.1, 0.15) is 18.6 Å². The van der Waals surface area contributed by atoms with Crippen molar-refractivity contribution in [2.24, 2.45) is 0 Å². The van der Waals surface area contributed by atoms with Crippen molar-refractivity contribution in [3.63, 3.8) is 0 Å². The van der Waals surface area contributed by atoms with Crippen molar-refractivity contribution in [2.75, 3.05) is 13.2 Å². The third kappa shape index (κ3) is 3.80. The normalized spacial score (nSPS) is 24.1. The van der Waals surface area contributed by atoms with Crippen molar-refractivity contribution in [1.82, 2.24) is 4.90 Å². The van der Waals surface area contributed by atoms with E-state index in [1.807, 2.05) is 12.1 Å². The molecule has 0 aromatic heterocycles. The van der Waals surface area contributed by atoms with Gasteiger partial charge in [-0.2, -0.15) is 0 Å². The van der Waals surface area contributed by atoms with Crippen LogP contribution in [-0.4, -0.2) is 36.4 Å². The van der Waals surface area contributed by atoms with E-state index in [1.165, 1.54) is 19.3 Å². The van der Waals surface area contributed by atoms with E-state index in [0.29, 0.717) is 24.3 Å². The van der Waals surface area contributed by atoms with Crippen LogP contribution in [0.3, 0.4) is 0 Å². The molecule has 1 fully saturated rings. The first-order valence-corrected chi connectivity index (χ1v) is 7.14. The third-order valence-corrected chi connectivity index (χ3v) is 3.99. The molecule has 1 heterocycles. The van der Waals surface area contributed by atoms with Crippen LogP contribution >= 0.6 is 0 Å². The van der Waals surface area contributed by atoms with Gasteiger partial charge >= 0.3 is 0 Å². The first kappa shape index (κ1) is 14.1. The highest BCUT2D eigenvalue weighted by Crippen LogP contribution is 2.22. The van der Waals surface area contributed by atoms with E-state index in [1.54, 1.807) is 12.1 Å². The Hall–Kier alpha value is -1.35. The Bertz CT molecular complexity index is 409. The van der Waals surface area contributed by atoms with Crippen molar-refractivity contribution in [3.8, 4) is 5.75 Å². The number of hydrogen-bond acceptors (Lipinski definition) is 3. The predicted octanol–water partition coefficient (Wildman–Crippen LogP) is 3.14. The molecule has 0 N–H and O–H groups in total. The molecule has 3 heteroatoms. The molecule has 3 nitrogen and oxygen atoms in total. The molecule has 0 amide bonds. The van der Waals surface area contributed by atoms with E-state index in [9.17, 15) is 4.79 Å². The summed E-state index contributed by atoms with van der Waals surface area (Å²) in [5, 5.41) is 0. The van der Waals surface area contributed by atoms with Gasteiger partial charge in [0.2, 0.25) is 0 Å². The van der Waals surface area contributed by atoms with Gasteiger partial charge in [0.25, 0.3) is 0 Å². The summed E-state index contributed by atoms with van der Waals surface area (Å²) in [6.45, 7) is 6.22. The van der Waals surface area contributed by atoms with Gasteiger partial charge in [-0.15, -0.1) is 0 Å². The van der Waals surface area contributed by atoms with Gasteiger partial charge in [-0.1, -0.05) is 18.6 Å². The van der Waals surface area contributed by atoms with Crippen LogP contribution < -0.4 is 4.74 Å². The largest absolute Gasteiger partial charge is 0.492 e. The molecule has 0 saturated carbocycles. The zero-order chi connectivity index (χ0) is 13.7. The third-order valence-electron chi connectivity index (χ3n) is 3.99. The SMILES string of the molecule is C[C@@H]1CCC[C@@H](C)N1CCOc1cccc(C=O)c1. The number of aldehydes is 1. The summed E-state index contributed by atoms with van der Waals surface area (Å²) in [6.07, 6.45) is 4.75. The first-order valence-electron chi connectivity index (χ1n) is 7.14. The number of nitrogens with zero attached hydrogens (tertiary/aromatic N) is 1. The fourth-order valence-corrected chi connectivity index (χ4v) is 2.86. The second-order valence-electron chi connectivity index (χ2n) is 5.41. The Balaban J connectivity index is 1.83. The van der Waals surface area contributed by atoms with Crippen LogP contribution in [0.2, 0.25) is 0 Å². The number of carbonyl (C=O) groups excluding carboxylic acids is 1. The number of carbonyl (C=O) groups is 1. The minimum absolute atomic E-state index is 0.647. The minimum atomic E-state index is 0.647. The average Bonchev–Trinajstić information content (AvgIpc) is 2.42. The zero-order valence-corrected chi connectivity index (χ0v) is 11.8. The van der Waals surface area contributed by atoms with Crippen LogP contribution in [0.4, 0.5) is 0 Å².